The molecule has 0 amide bonds. The van der Waals surface area contributed by atoms with Crippen LogP contribution in [-0.4, -0.2) is 40.2 Å². The Labute approximate surface area is 132 Å². The zero-order valence-corrected chi connectivity index (χ0v) is 13.9. The number of aryl methyl sites for hydroxylation is 1. The number of pyridine rings is 1. The molecule has 0 spiro atoms. The summed E-state index contributed by atoms with van der Waals surface area (Å²) < 4.78 is 2.04. The molecule has 0 aliphatic rings. The van der Waals surface area contributed by atoms with Crippen LogP contribution in [-0.2, 0) is 6.42 Å². The van der Waals surface area contributed by atoms with Gasteiger partial charge in [-0.25, -0.2) is 0 Å². The molecule has 2 rings (SSSR count). The molecule has 0 bridgehead atoms. The number of aromatic nitrogens is 3. The first-order valence-corrected chi connectivity index (χ1v) is 7.87. The second-order valence-electron chi connectivity index (χ2n) is 5.82. The molecule has 6 nitrogen and oxygen atoms in total. The van der Waals surface area contributed by atoms with E-state index in [1.165, 1.54) is 0 Å². The van der Waals surface area contributed by atoms with Gasteiger partial charge in [0.1, 0.15) is 5.82 Å². The fraction of sp³-hybridized carbons (Fsp3) is 0.562. The van der Waals surface area contributed by atoms with Crippen LogP contribution in [0.2, 0.25) is 0 Å². The second-order valence-corrected chi connectivity index (χ2v) is 5.82. The van der Waals surface area contributed by atoms with Crippen molar-refractivity contribution in [3.05, 3.63) is 30.2 Å². The predicted molar refractivity (Wildman–Crippen MR) is 90.1 cm³/mol. The van der Waals surface area contributed by atoms with Gasteiger partial charge in [-0.3, -0.25) is 9.39 Å². The van der Waals surface area contributed by atoms with E-state index in [2.05, 4.69) is 46.6 Å². The van der Waals surface area contributed by atoms with Gasteiger partial charge >= 0.3 is 0 Å². The van der Waals surface area contributed by atoms with Crippen molar-refractivity contribution in [2.24, 2.45) is 10.9 Å². The van der Waals surface area contributed by atoms with Crippen molar-refractivity contribution in [3.8, 4) is 0 Å². The van der Waals surface area contributed by atoms with E-state index >= 15 is 0 Å². The molecule has 2 N–H and O–H groups in total. The Morgan fingerprint density at radius 3 is 2.82 bits per heavy atom. The third kappa shape index (κ3) is 4.19. The molecule has 1 atom stereocenters. The quantitative estimate of drug-likeness (QED) is 0.486. The molecule has 0 aliphatic heterocycles. The minimum absolute atomic E-state index is 0.395. The summed E-state index contributed by atoms with van der Waals surface area (Å²) >= 11 is 0. The van der Waals surface area contributed by atoms with Crippen molar-refractivity contribution in [2.45, 2.75) is 39.7 Å². The zero-order chi connectivity index (χ0) is 15.9. The first kappa shape index (κ1) is 16.3. The predicted octanol–water partition coefficient (Wildman–Crippen LogP) is 1.87. The molecule has 2 aromatic rings. The van der Waals surface area contributed by atoms with Crippen LogP contribution < -0.4 is 10.6 Å². The highest BCUT2D eigenvalue weighted by atomic mass is 15.2. The van der Waals surface area contributed by atoms with Gasteiger partial charge in [0.25, 0.3) is 0 Å². The smallest absolute Gasteiger partial charge is 0.191 e. The van der Waals surface area contributed by atoms with Crippen molar-refractivity contribution in [1.82, 2.24) is 25.2 Å². The minimum atomic E-state index is 0.395. The van der Waals surface area contributed by atoms with E-state index in [9.17, 15) is 0 Å². The summed E-state index contributed by atoms with van der Waals surface area (Å²) in [6, 6.07) is 6.33. The Hall–Kier alpha value is -2.11. The van der Waals surface area contributed by atoms with Gasteiger partial charge in [-0.05, 0) is 31.4 Å². The fourth-order valence-electron chi connectivity index (χ4n) is 2.09. The van der Waals surface area contributed by atoms with E-state index in [-0.39, 0.29) is 0 Å². The number of nitrogens with one attached hydrogen (secondary N) is 2. The largest absolute Gasteiger partial charge is 0.356 e. The summed E-state index contributed by atoms with van der Waals surface area (Å²) in [6.07, 6.45) is 3.87. The number of aliphatic imine (C=N–C) groups is 1. The van der Waals surface area contributed by atoms with Gasteiger partial charge in [0, 0.05) is 32.3 Å². The van der Waals surface area contributed by atoms with Crippen molar-refractivity contribution in [2.75, 3.05) is 13.6 Å². The molecule has 0 saturated heterocycles. The Bertz CT molecular complexity index is 616. The van der Waals surface area contributed by atoms with Gasteiger partial charge in [0.05, 0.1) is 0 Å². The van der Waals surface area contributed by atoms with Gasteiger partial charge in [0.15, 0.2) is 11.6 Å². The molecule has 22 heavy (non-hydrogen) atoms. The lowest BCUT2D eigenvalue weighted by molar-refractivity contribution is 0.480. The maximum absolute atomic E-state index is 4.26. The van der Waals surface area contributed by atoms with Crippen LogP contribution in [0.15, 0.2) is 29.4 Å². The normalized spacial score (nSPS) is 13.6. The lowest BCUT2D eigenvalue weighted by atomic mass is 10.1. The van der Waals surface area contributed by atoms with Gasteiger partial charge in [0.2, 0.25) is 0 Å². The van der Waals surface area contributed by atoms with E-state index in [0.717, 1.165) is 36.8 Å². The lowest BCUT2D eigenvalue weighted by Gasteiger charge is -2.20. The molecule has 2 heterocycles. The van der Waals surface area contributed by atoms with E-state index in [1.54, 1.807) is 7.05 Å². The molecular weight excluding hydrogens is 276 g/mol. The molecule has 0 aliphatic carbocycles. The van der Waals surface area contributed by atoms with Gasteiger partial charge in [-0.15, -0.1) is 10.2 Å². The van der Waals surface area contributed by atoms with Crippen LogP contribution >= 0.6 is 0 Å². The molecule has 2 aromatic heterocycles. The first-order chi connectivity index (χ1) is 10.6. The van der Waals surface area contributed by atoms with E-state index in [1.807, 2.05) is 28.8 Å². The van der Waals surface area contributed by atoms with Crippen molar-refractivity contribution in [3.63, 3.8) is 0 Å². The van der Waals surface area contributed by atoms with Crippen LogP contribution in [0.25, 0.3) is 5.65 Å². The average molecular weight is 302 g/mol. The number of nitrogens with zero attached hydrogens (tertiary/aromatic N) is 4. The fourth-order valence-corrected chi connectivity index (χ4v) is 2.09. The number of hydrogen-bond acceptors (Lipinski definition) is 3. The van der Waals surface area contributed by atoms with Crippen LogP contribution in [0.1, 0.15) is 33.0 Å². The van der Waals surface area contributed by atoms with E-state index < -0.39 is 0 Å². The van der Waals surface area contributed by atoms with Crippen LogP contribution in [0.5, 0.6) is 0 Å². The molecule has 0 aromatic carbocycles. The SMILES string of the molecule is CN=C(NCCCc1nnc2ccccn12)NC(C)C(C)C. The summed E-state index contributed by atoms with van der Waals surface area (Å²) in [4.78, 5) is 4.26. The standard InChI is InChI=1S/C16H26N6/c1-12(2)13(3)19-16(17-4)18-10-7-9-15-21-20-14-8-5-6-11-22(14)15/h5-6,8,11-13H,7,9-10H2,1-4H3,(H2,17,18,19). The summed E-state index contributed by atoms with van der Waals surface area (Å²) in [5.74, 6) is 2.42. The third-order valence-electron chi connectivity index (χ3n) is 3.84. The minimum Gasteiger partial charge on any atom is -0.356 e. The molecule has 6 heteroatoms. The Morgan fingerprint density at radius 1 is 1.27 bits per heavy atom. The summed E-state index contributed by atoms with van der Waals surface area (Å²) in [6.45, 7) is 7.41. The maximum atomic E-state index is 4.26. The second kappa shape index (κ2) is 7.77. The monoisotopic (exact) mass is 302 g/mol. The Kier molecular flexibility index (Phi) is 5.75. The third-order valence-corrected chi connectivity index (χ3v) is 3.84. The highest BCUT2D eigenvalue weighted by Crippen LogP contribution is 2.04. The maximum Gasteiger partial charge on any atom is 0.191 e. The van der Waals surface area contributed by atoms with Crippen LogP contribution in [0, 0.1) is 5.92 Å². The number of guanidine groups is 1. The topological polar surface area (TPSA) is 66.6 Å². The van der Waals surface area contributed by atoms with Gasteiger partial charge in [-0.1, -0.05) is 19.9 Å². The van der Waals surface area contributed by atoms with Gasteiger partial charge < -0.3 is 10.6 Å². The van der Waals surface area contributed by atoms with Crippen LogP contribution in [0.4, 0.5) is 0 Å². The molecule has 0 saturated carbocycles. The first-order valence-electron chi connectivity index (χ1n) is 7.87. The van der Waals surface area contributed by atoms with Crippen molar-refractivity contribution >= 4 is 11.6 Å². The highest BCUT2D eigenvalue weighted by molar-refractivity contribution is 5.79. The molecule has 120 valence electrons. The summed E-state index contributed by atoms with van der Waals surface area (Å²) in [7, 11) is 1.80. The van der Waals surface area contributed by atoms with Gasteiger partial charge in [-0.2, -0.15) is 0 Å². The van der Waals surface area contributed by atoms with Crippen molar-refractivity contribution in [1.29, 1.82) is 0 Å². The molecule has 0 radical (unpaired) electrons. The molecule has 1 unspecified atom stereocenters. The zero-order valence-electron chi connectivity index (χ0n) is 13.9. The molecule has 0 fully saturated rings. The highest BCUT2D eigenvalue weighted by Gasteiger charge is 2.09. The van der Waals surface area contributed by atoms with Crippen LogP contribution in [0.3, 0.4) is 0 Å². The van der Waals surface area contributed by atoms with E-state index in [4.69, 9.17) is 0 Å². The Balaban J connectivity index is 1.79. The number of fused-ring (bicyclic) bond motifs is 1. The average Bonchev–Trinajstić information content (AvgIpc) is 2.93. The van der Waals surface area contributed by atoms with E-state index in [0.29, 0.717) is 12.0 Å². The Morgan fingerprint density at radius 2 is 2.09 bits per heavy atom. The molecular formula is C16H26N6. The van der Waals surface area contributed by atoms with Crippen molar-refractivity contribution < 1.29 is 0 Å². The number of rotatable bonds is 6. The lowest BCUT2D eigenvalue weighted by Crippen LogP contribution is -2.44. The number of hydrogen-bond donors (Lipinski definition) is 2. The summed E-state index contributed by atoms with van der Waals surface area (Å²) in [5, 5.41) is 15.1. The summed E-state index contributed by atoms with van der Waals surface area (Å²) in [5.41, 5.74) is 0.897.